The molecule has 3 aromatic rings. The number of amides is 1. The predicted octanol–water partition coefficient (Wildman–Crippen LogP) is 6.78. The quantitative estimate of drug-likeness (QED) is 0.325. The van der Waals surface area contributed by atoms with E-state index < -0.39 is 40.0 Å². The maximum atomic E-state index is 13.5. The van der Waals surface area contributed by atoms with Crippen molar-refractivity contribution in [3.8, 4) is 17.4 Å². The highest BCUT2D eigenvalue weighted by atomic mass is 35.5. The molecule has 1 fully saturated rings. The van der Waals surface area contributed by atoms with E-state index in [1.165, 1.54) is 19.1 Å². The summed E-state index contributed by atoms with van der Waals surface area (Å²) in [6.07, 6.45) is -5.12. The van der Waals surface area contributed by atoms with E-state index in [0.717, 1.165) is 18.2 Å². The number of nitrogens with zero attached hydrogens (tertiary/aromatic N) is 1. The Kier molecular flexibility index (Phi) is 7.82. The van der Waals surface area contributed by atoms with Crippen LogP contribution in [0.2, 0.25) is 5.02 Å². The first-order chi connectivity index (χ1) is 17.8. The van der Waals surface area contributed by atoms with Crippen molar-refractivity contribution in [1.29, 1.82) is 0 Å². The lowest BCUT2D eigenvalue weighted by atomic mass is 10.1. The van der Waals surface area contributed by atoms with Gasteiger partial charge in [0.15, 0.2) is 5.79 Å². The van der Waals surface area contributed by atoms with Gasteiger partial charge < -0.3 is 24.3 Å². The number of nitrogens with one attached hydrogen (secondary N) is 1. The van der Waals surface area contributed by atoms with Gasteiger partial charge in [0.2, 0.25) is 5.88 Å². The molecule has 0 spiro atoms. The van der Waals surface area contributed by atoms with Gasteiger partial charge in [0.1, 0.15) is 35.8 Å². The van der Waals surface area contributed by atoms with E-state index in [0.29, 0.717) is 18.2 Å². The third kappa shape index (κ3) is 6.72. The van der Waals surface area contributed by atoms with Gasteiger partial charge in [0.05, 0.1) is 22.8 Å². The standard InChI is InChI=1S/C26H23ClF4N2O5/c1-14-9-15(28)7-8-20(14)37-21-11-18(26(29,30)31)19(27)10-17(21)24(34)33-22-5-4-6-23(32-22)35-12-16-13-36-25(2,3)38-16/h4-11,16H,12-13H2,1-3H3,(H,32,33,34). The summed E-state index contributed by atoms with van der Waals surface area (Å²) in [5.41, 5.74) is -1.18. The van der Waals surface area contributed by atoms with Crippen LogP contribution < -0.4 is 14.8 Å². The summed E-state index contributed by atoms with van der Waals surface area (Å²) in [6, 6.07) is 9.57. The van der Waals surface area contributed by atoms with Gasteiger partial charge in [-0.05, 0) is 62.7 Å². The number of anilines is 1. The number of ether oxygens (including phenoxy) is 4. The van der Waals surface area contributed by atoms with Crippen molar-refractivity contribution in [2.45, 2.75) is 38.8 Å². The van der Waals surface area contributed by atoms with Crippen LogP contribution in [0.1, 0.15) is 35.3 Å². The van der Waals surface area contributed by atoms with Crippen molar-refractivity contribution < 1.29 is 41.3 Å². The van der Waals surface area contributed by atoms with Crippen LogP contribution >= 0.6 is 11.6 Å². The maximum Gasteiger partial charge on any atom is 0.417 e. The monoisotopic (exact) mass is 554 g/mol. The zero-order chi connectivity index (χ0) is 27.7. The fourth-order valence-corrected chi connectivity index (χ4v) is 3.92. The number of halogens is 5. The third-order valence-corrected chi connectivity index (χ3v) is 5.74. The largest absolute Gasteiger partial charge is 0.475 e. The fourth-order valence-electron chi connectivity index (χ4n) is 3.65. The van der Waals surface area contributed by atoms with Crippen LogP contribution in [0.5, 0.6) is 17.4 Å². The molecule has 1 aliphatic rings. The molecule has 7 nitrogen and oxygen atoms in total. The first kappa shape index (κ1) is 27.6. The predicted molar refractivity (Wildman–Crippen MR) is 130 cm³/mol. The molecule has 38 heavy (non-hydrogen) atoms. The molecule has 1 amide bonds. The smallest absolute Gasteiger partial charge is 0.417 e. The highest BCUT2D eigenvalue weighted by Crippen LogP contribution is 2.40. The summed E-state index contributed by atoms with van der Waals surface area (Å²) in [5, 5.41) is 1.81. The van der Waals surface area contributed by atoms with Crippen LogP contribution in [0, 0.1) is 12.7 Å². The van der Waals surface area contributed by atoms with E-state index in [4.69, 9.17) is 30.5 Å². The number of aromatic nitrogens is 1. The molecule has 1 aromatic heterocycles. The Morgan fingerprint density at radius 2 is 1.95 bits per heavy atom. The summed E-state index contributed by atoms with van der Waals surface area (Å²) in [5.74, 6) is -2.23. The lowest BCUT2D eigenvalue weighted by Gasteiger charge is -2.17. The molecule has 1 saturated heterocycles. The molecule has 2 heterocycles. The van der Waals surface area contributed by atoms with Crippen LogP contribution in [0.4, 0.5) is 23.4 Å². The van der Waals surface area contributed by atoms with Gasteiger partial charge in [-0.2, -0.15) is 18.2 Å². The number of aryl methyl sites for hydroxylation is 1. The number of alkyl halides is 3. The minimum atomic E-state index is -4.81. The Morgan fingerprint density at radius 3 is 2.61 bits per heavy atom. The molecule has 1 atom stereocenters. The minimum absolute atomic E-state index is 0.0608. The molecule has 0 radical (unpaired) electrons. The van der Waals surface area contributed by atoms with Gasteiger partial charge >= 0.3 is 6.18 Å². The van der Waals surface area contributed by atoms with E-state index in [1.807, 2.05) is 0 Å². The molecule has 1 N–H and O–H groups in total. The molecule has 2 aromatic carbocycles. The maximum absolute atomic E-state index is 13.5. The first-order valence-corrected chi connectivity index (χ1v) is 11.8. The Balaban J connectivity index is 1.57. The number of hydrogen-bond acceptors (Lipinski definition) is 6. The summed E-state index contributed by atoms with van der Waals surface area (Å²) in [7, 11) is 0. The van der Waals surface area contributed by atoms with E-state index in [-0.39, 0.29) is 35.7 Å². The normalized spacial score (nSPS) is 16.8. The number of carbonyl (C=O) groups excluding carboxylic acids is 1. The second-order valence-corrected chi connectivity index (χ2v) is 9.32. The van der Waals surface area contributed by atoms with E-state index in [2.05, 4.69) is 10.3 Å². The lowest BCUT2D eigenvalue weighted by Crippen LogP contribution is -2.25. The number of pyridine rings is 1. The molecule has 0 bridgehead atoms. The number of benzene rings is 2. The van der Waals surface area contributed by atoms with Crippen LogP contribution in [-0.4, -0.2) is 36.0 Å². The van der Waals surface area contributed by atoms with Crippen molar-refractivity contribution in [3.05, 3.63) is 76.1 Å². The van der Waals surface area contributed by atoms with Crippen molar-refractivity contribution >= 4 is 23.3 Å². The van der Waals surface area contributed by atoms with E-state index >= 15 is 0 Å². The Hall–Kier alpha value is -3.41. The topological polar surface area (TPSA) is 78.9 Å². The average molecular weight is 555 g/mol. The molecular formula is C26H23ClF4N2O5. The summed E-state index contributed by atoms with van der Waals surface area (Å²) < 4.78 is 76.5. The molecule has 12 heteroatoms. The van der Waals surface area contributed by atoms with Gasteiger partial charge in [0.25, 0.3) is 5.91 Å². The molecule has 0 saturated carbocycles. The van der Waals surface area contributed by atoms with Crippen molar-refractivity contribution in [2.24, 2.45) is 0 Å². The van der Waals surface area contributed by atoms with Gasteiger partial charge in [-0.3, -0.25) is 4.79 Å². The minimum Gasteiger partial charge on any atom is -0.475 e. The average Bonchev–Trinajstić information content (AvgIpc) is 3.18. The van der Waals surface area contributed by atoms with Crippen LogP contribution in [0.15, 0.2) is 48.5 Å². The Morgan fingerprint density at radius 1 is 1.18 bits per heavy atom. The first-order valence-electron chi connectivity index (χ1n) is 11.4. The summed E-state index contributed by atoms with van der Waals surface area (Å²) in [6.45, 7) is 5.57. The van der Waals surface area contributed by atoms with E-state index in [1.54, 1.807) is 26.0 Å². The number of hydrogen-bond donors (Lipinski definition) is 1. The van der Waals surface area contributed by atoms with E-state index in [9.17, 15) is 22.4 Å². The van der Waals surface area contributed by atoms with Gasteiger partial charge in [-0.1, -0.05) is 17.7 Å². The second kappa shape index (κ2) is 10.8. The Bertz CT molecular complexity index is 1350. The van der Waals surface area contributed by atoms with Crippen LogP contribution in [0.3, 0.4) is 0 Å². The van der Waals surface area contributed by atoms with Crippen molar-refractivity contribution in [3.63, 3.8) is 0 Å². The Labute approximate surface area is 220 Å². The van der Waals surface area contributed by atoms with Gasteiger partial charge in [0, 0.05) is 6.07 Å². The summed E-state index contributed by atoms with van der Waals surface area (Å²) >= 11 is 5.87. The third-order valence-electron chi connectivity index (χ3n) is 5.43. The second-order valence-electron chi connectivity index (χ2n) is 8.91. The number of rotatable bonds is 7. The molecule has 202 valence electrons. The zero-order valence-electron chi connectivity index (χ0n) is 20.5. The number of carbonyl (C=O) groups is 1. The highest BCUT2D eigenvalue weighted by molar-refractivity contribution is 6.32. The molecule has 4 rings (SSSR count). The van der Waals surface area contributed by atoms with Gasteiger partial charge in [-0.15, -0.1) is 0 Å². The van der Waals surface area contributed by atoms with Crippen molar-refractivity contribution in [2.75, 3.05) is 18.5 Å². The van der Waals surface area contributed by atoms with Crippen LogP contribution in [-0.2, 0) is 15.7 Å². The van der Waals surface area contributed by atoms with Gasteiger partial charge in [-0.25, -0.2) is 4.39 Å². The highest BCUT2D eigenvalue weighted by Gasteiger charge is 2.35. The SMILES string of the molecule is Cc1cc(F)ccc1Oc1cc(C(F)(F)F)c(Cl)cc1C(=O)Nc1cccc(OCC2COC(C)(C)O2)n1. The zero-order valence-corrected chi connectivity index (χ0v) is 21.2. The lowest BCUT2D eigenvalue weighted by molar-refractivity contribution is -0.141. The summed E-state index contributed by atoms with van der Waals surface area (Å²) in [4.78, 5) is 17.3. The molecule has 1 aliphatic heterocycles. The fraction of sp³-hybridized carbons (Fsp3) is 0.308. The van der Waals surface area contributed by atoms with Crippen LogP contribution in [0.25, 0.3) is 0 Å². The molecule has 1 unspecified atom stereocenters. The molecule has 0 aliphatic carbocycles. The van der Waals surface area contributed by atoms with Crippen molar-refractivity contribution in [1.82, 2.24) is 4.98 Å². The molecular weight excluding hydrogens is 532 g/mol.